The van der Waals surface area contributed by atoms with E-state index >= 15 is 0 Å². The van der Waals surface area contributed by atoms with Gasteiger partial charge in [0.25, 0.3) is 0 Å². The molecule has 1 saturated carbocycles. The first-order valence-electron chi connectivity index (χ1n) is 11.3. The van der Waals surface area contributed by atoms with Gasteiger partial charge in [-0.05, 0) is 31.4 Å². The fourth-order valence-electron chi connectivity index (χ4n) is 3.92. The second-order valence-corrected chi connectivity index (χ2v) is 9.78. The third-order valence-corrected chi connectivity index (χ3v) is 7.26. The Morgan fingerprint density at radius 2 is 2.06 bits per heavy atom. The van der Waals surface area contributed by atoms with Gasteiger partial charge in [0, 0.05) is 47.2 Å². The molecule has 10 heteroatoms. The first-order chi connectivity index (χ1) is 16.6. The predicted octanol–water partition coefficient (Wildman–Crippen LogP) is 5.58. The molecular weight excluding hydrogens is 472 g/mol. The largest absolute Gasteiger partial charge is 0.449 e. The van der Waals surface area contributed by atoms with E-state index in [9.17, 15) is 4.79 Å². The quantitative estimate of drug-likeness (QED) is 0.356. The van der Waals surface area contributed by atoms with E-state index in [0.29, 0.717) is 24.6 Å². The fraction of sp³-hybridized carbons (Fsp3) is 0.417. The average molecular weight is 497 g/mol. The number of nitrogens with zero attached hydrogens (tertiary/aromatic N) is 6. The van der Waals surface area contributed by atoms with Crippen LogP contribution in [0, 0.1) is 11.3 Å². The van der Waals surface area contributed by atoms with E-state index in [4.69, 9.17) is 21.6 Å². The standard InChI is InChI=1S/C24H25ClN6O2S/c1-2-3-12-33-23(32)31(16-24(8-5-9-24)20-19(25)6-4-11-27-20)22-29-13-17(14-30-22)21-28-15-18(34-21)7-10-26/h4,6,11,13-15H,2-3,5,7-9,12,16H2,1H3. The number of anilines is 1. The molecule has 0 saturated heterocycles. The number of unbranched alkanes of at least 4 members (excludes halogenated alkanes) is 1. The molecule has 4 rings (SSSR count). The second kappa shape index (κ2) is 10.9. The van der Waals surface area contributed by atoms with Gasteiger partial charge >= 0.3 is 6.09 Å². The number of hydrogen-bond donors (Lipinski definition) is 0. The van der Waals surface area contributed by atoms with E-state index in [1.807, 2.05) is 13.0 Å². The fourth-order valence-corrected chi connectivity index (χ4v) is 5.06. The molecule has 0 aliphatic heterocycles. The minimum absolute atomic E-state index is 0.261. The highest BCUT2D eigenvalue weighted by molar-refractivity contribution is 7.15. The molecule has 3 heterocycles. The average Bonchev–Trinajstić information content (AvgIpc) is 3.29. The van der Waals surface area contributed by atoms with Crippen molar-refractivity contribution in [3.63, 3.8) is 0 Å². The Hall–Kier alpha value is -3.09. The number of ether oxygens (including phenoxy) is 1. The van der Waals surface area contributed by atoms with E-state index in [2.05, 4.69) is 26.0 Å². The molecule has 1 aliphatic carbocycles. The maximum atomic E-state index is 13.1. The van der Waals surface area contributed by atoms with E-state index in [1.54, 1.807) is 30.9 Å². The van der Waals surface area contributed by atoms with Gasteiger partial charge in [0.2, 0.25) is 5.95 Å². The van der Waals surface area contributed by atoms with Crippen molar-refractivity contribution in [3.05, 3.63) is 52.5 Å². The Morgan fingerprint density at radius 3 is 2.71 bits per heavy atom. The van der Waals surface area contributed by atoms with Gasteiger partial charge in [-0.25, -0.2) is 24.6 Å². The van der Waals surface area contributed by atoms with Gasteiger partial charge in [-0.1, -0.05) is 31.4 Å². The second-order valence-electron chi connectivity index (χ2n) is 8.26. The Balaban J connectivity index is 1.61. The molecule has 0 bridgehead atoms. The maximum Gasteiger partial charge on any atom is 0.416 e. The predicted molar refractivity (Wildman–Crippen MR) is 131 cm³/mol. The van der Waals surface area contributed by atoms with E-state index in [0.717, 1.165) is 53.2 Å². The topological polar surface area (TPSA) is 105 Å². The number of halogens is 1. The summed E-state index contributed by atoms with van der Waals surface area (Å²) >= 11 is 7.92. The highest BCUT2D eigenvalue weighted by atomic mass is 35.5. The van der Waals surface area contributed by atoms with Crippen LogP contribution in [0.4, 0.5) is 10.7 Å². The molecule has 1 fully saturated rings. The lowest BCUT2D eigenvalue weighted by molar-refractivity contribution is 0.145. The van der Waals surface area contributed by atoms with Gasteiger partial charge < -0.3 is 4.74 Å². The molecule has 8 nitrogen and oxygen atoms in total. The first kappa shape index (κ1) is 24.0. The Kier molecular flexibility index (Phi) is 7.70. The van der Waals surface area contributed by atoms with Gasteiger partial charge in [0.05, 0.1) is 29.8 Å². The van der Waals surface area contributed by atoms with Crippen molar-refractivity contribution in [2.24, 2.45) is 0 Å². The van der Waals surface area contributed by atoms with Crippen LogP contribution < -0.4 is 4.90 Å². The zero-order chi connectivity index (χ0) is 24.0. The molecule has 1 aliphatic rings. The van der Waals surface area contributed by atoms with Gasteiger partial charge in [0.1, 0.15) is 5.01 Å². The van der Waals surface area contributed by atoms with Crippen molar-refractivity contribution >= 4 is 35.0 Å². The summed E-state index contributed by atoms with van der Waals surface area (Å²) in [6.45, 7) is 2.71. The summed E-state index contributed by atoms with van der Waals surface area (Å²) in [6.07, 6.45) is 11.0. The molecule has 0 atom stereocenters. The third kappa shape index (κ3) is 5.18. The van der Waals surface area contributed by atoms with Crippen LogP contribution >= 0.6 is 22.9 Å². The summed E-state index contributed by atoms with van der Waals surface area (Å²) in [7, 11) is 0. The minimum atomic E-state index is -0.481. The zero-order valence-electron chi connectivity index (χ0n) is 18.9. The number of pyridine rings is 1. The van der Waals surface area contributed by atoms with Gasteiger partial charge in [-0.15, -0.1) is 11.3 Å². The van der Waals surface area contributed by atoms with Gasteiger partial charge in [-0.2, -0.15) is 5.26 Å². The molecule has 34 heavy (non-hydrogen) atoms. The SMILES string of the molecule is CCCCOC(=O)N(CC1(c2ncccc2Cl)CCC1)c1ncc(-c2ncc(CC#N)s2)cn1. The molecule has 0 unspecified atom stereocenters. The molecule has 1 amide bonds. The van der Waals surface area contributed by atoms with Crippen LogP contribution in [0.3, 0.4) is 0 Å². The van der Waals surface area contributed by atoms with Gasteiger partial charge in [0.15, 0.2) is 0 Å². The van der Waals surface area contributed by atoms with Crippen LogP contribution in [0.1, 0.15) is 49.6 Å². The molecule has 3 aromatic heterocycles. The number of aromatic nitrogens is 4. The zero-order valence-corrected chi connectivity index (χ0v) is 20.5. The van der Waals surface area contributed by atoms with Crippen molar-refractivity contribution in [2.75, 3.05) is 18.1 Å². The molecular formula is C24H25ClN6O2S. The lowest BCUT2D eigenvalue weighted by Crippen LogP contribution is -2.49. The Bertz CT molecular complexity index is 1170. The van der Waals surface area contributed by atoms with Crippen molar-refractivity contribution in [3.8, 4) is 16.6 Å². The number of amides is 1. The van der Waals surface area contributed by atoms with Crippen molar-refractivity contribution in [1.82, 2.24) is 19.9 Å². The van der Waals surface area contributed by atoms with E-state index in [1.165, 1.54) is 16.2 Å². The van der Waals surface area contributed by atoms with Crippen LogP contribution in [0.2, 0.25) is 5.02 Å². The monoisotopic (exact) mass is 496 g/mol. The van der Waals surface area contributed by atoms with Crippen molar-refractivity contribution in [2.45, 2.75) is 50.9 Å². The van der Waals surface area contributed by atoms with Crippen LogP contribution in [-0.4, -0.2) is 39.2 Å². The summed E-state index contributed by atoms with van der Waals surface area (Å²) in [5, 5.41) is 10.2. The minimum Gasteiger partial charge on any atom is -0.449 e. The van der Waals surface area contributed by atoms with E-state index in [-0.39, 0.29) is 11.4 Å². The molecule has 0 radical (unpaired) electrons. The lowest BCUT2D eigenvalue weighted by Gasteiger charge is -2.44. The van der Waals surface area contributed by atoms with E-state index < -0.39 is 6.09 Å². The van der Waals surface area contributed by atoms with Crippen molar-refractivity contribution in [1.29, 1.82) is 5.26 Å². The third-order valence-electron chi connectivity index (χ3n) is 5.91. The van der Waals surface area contributed by atoms with Crippen LogP contribution in [0.5, 0.6) is 0 Å². The number of rotatable bonds is 9. The summed E-state index contributed by atoms with van der Waals surface area (Å²) in [5.41, 5.74) is 1.15. The number of nitriles is 1. The molecule has 0 aromatic carbocycles. The molecule has 0 N–H and O–H groups in total. The summed E-state index contributed by atoms with van der Waals surface area (Å²) in [5.74, 6) is 0.261. The van der Waals surface area contributed by atoms with Crippen molar-refractivity contribution < 1.29 is 9.53 Å². The number of hydrogen-bond acceptors (Lipinski definition) is 8. The molecule has 176 valence electrons. The number of carbonyl (C=O) groups excluding carboxylic acids is 1. The highest BCUT2D eigenvalue weighted by Gasteiger charge is 2.44. The Morgan fingerprint density at radius 1 is 1.26 bits per heavy atom. The highest BCUT2D eigenvalue weighted by Crippen LogP contribution is 2.46. The normalized spacial score (nSPS) is 14.1. The number of carbonyl (C=O) groups is 1. The smallest absolute Gasteiger partial charge is 0.416 e. The van der Waals surface area contributed by atoms with Crippen LogP contribution in [0.15, 0.2) is 36.9 Å². The molecule has 3 aromatic rings. The van der Waals surface area contributed by atoms with Crippen LogP contribution in [0.25, 0.3) is 10.6 Å². The summed E-state index contributed by atoms with van der Waals surface area (Å²) < 4.78 is 5.54. The summed E-state index contributed by atoms with van der Waals surface area (Å²) in [4.78, 5) is 33.3. The summed E-state index contributed by atoms with van der Waals surface area (Å²) in [6, 6.07) is 5.75. The Labute approximate surface area is 207 Å². The molecule has 0 spiro atoms. The number of thiazole rings is 1. The van der Waals surface area contributed by atoms with Gasteiger partial charge in [-0.3, -0.25) is 4.98 Å². The maximum absolute atomic E-state index is 13.1. The lowest BCUT2D eigenvalue weighted by atomic mass is 9.66. The first-order valence-corrected chi connectivity index (χ1v) is 12.4. The van der Waals surface area contributed by atoms with Crippen LogP contribution in [-0.2, 0) is 16.6 Å².